The summed E-state index contributed by atoms with van der Waals surface area (Å²) in [4.78, 5) is 14.0. The Morgan fingerprint density at radius 3 is 2.50 bits per heavy atom. The molecule has 0 aromatic heterocycles. The van der Waals surface area contributed by atoms with E-state index in [9.17, 15) is 9.90 Å². The van der Waals surface area contributed by atoms with Gasteiger partial charge >= 0.3 is 0 Å². The number of ketones is 1. The van der Waals surface area contributed by atoms with Crippen LogP contribution in [0.25, 0.3) is 0 Å². The largest absolute Gasteiger partial charge is 0.508 e. The molecular formula is C15H13NO2. The van der Waals surface area contributed by atoms with E-state index in [2.05, 4.69) is 0 Å². The summed E-state index contributed by atoms with van der Waals surface area (Å²) in [7, 11) is 0. The van der Waals surface area contributed by atoms with Crippen molar-refractivity contribution in [1.82, 2.24) is 0 Å². The molecule has 0 saturated heterocycles. The third-order valence-electron chi connectivity index (χ3n) is 3.26. The molecule has 0 fully saturated rings. The van der Waals surface area contributed by atoms with Gasteiger partial charge in [-0.1, -0.05) is 30.3 Å². The Labute approximate surface area is 105 Å². The minimum absolute atomic E-state index is 0.0519. The summed E-state index contributed by atoms with van der Waals surface area (Å²) < 4.78 is 0. The van der Waals surface area contributed by atoms with Crippen molar-refractivity contribution in [3.8, 4) is 5.75 Å². The van der Waals surface area contributed by atoms with Crippen LogP contribution in [0.1, 0.15) is 15.9 Å². The Balaban J connectivity index is 2.01. The number of phenolic OH excluding ortho intramolecular Hbond substituents is 1. The number of benzene rings is 2. The molecule has 0 bridgehead atoms. The predicted octanol–water partition coefficient (Wildman–Crippen LogP) is 2.60. The average Bonchev–Trinajstić information content (AvgIpc) is 2.41. The van der Waals surface area contributed by atoms with Crippen molar-refractivity contribution in [2.24, 2.45) is 0 Å². The smallest absolute Gasteiger partial charge is 0.182 e. The molecule has 18 heavy (non-hydrogen) atoms. The molecule has 3 heteroatoms. The maximum atomic E-state index is 12.1. The number of anilines is 1. The lowest BCUT2D eigenvalue weighted by Gasteiger charge is -2.30. The molecule has 0 aliphatic carbocycles. The van der Waals surface area contributed by atoms with Gasteiger partial charge in [0.2, 0.25) is 0 Å². The van der Waals surface area contributed by atoms with E-state index in [0.29, 0.717) is 18.7 Å². The van der Waals surface area contributed by atoms with Gasteiger partial charge in [0, 0.05) is 23.4 Å². The SMILES string of the molecule is O=C1CN(c2ccccc2)Cc2c(O)cccc21. The van der Waals surface area contributed by atoms with E-state index < -0.39 is 0 Å². The topological polar surface area (TPSA) is 40.5 Å². The molecule has 0 atom stereocenters. The third-order valence-corrected chi connectivity index (χ3v) is 3.26. The van der Waals surface area contributed by atoms with Gasteiger partial charge in [0.15, 0.2) is 5.78 Å². The Kier molecular flexibility index (Phi) is 2.52. The van der Waals surface area contributed by atoms with Gasteiger partial charge in [0.1, 0.15) is 5.75 Å². The zero-order valence-corrected chi connectivity index (χ0v) is 9.84. The van der Waals surface area contributed by atoms with E-state index in [0.717, 1.165) is 11.3 Å². The number of para-hydroxylation sites is 1. The molecule has 1 aliphatic heterocycles. The second-order valence-corrected chi connectivity index (χ2v) is 4.42. The van der Waals surface area contributed by atoms with Gasteiger partial charge in [0.25, 0.3) is 0 Å². The van der Waals surface area contributed by atoms with Crippen LogP contribution in [0.3, 0.4) is 0 Å². The number of fused-ring (bicyclic) bond motifs is 1. The quantitative estimate of drug-likeness (QED) is 0.831. The average molecular weight is 239 g/mol. The summed E-state index contributed by atoms with van der Waals surface area (Å²) in [5, 5.41) is 9.86. The number of hydrogen-bond acceptors (Lipinski definition) is 3. The number of hydrogen-bond donors (Lipinski definition) is 1. The number of phenols is 1. The minimum Gasteiger partial charge on any atom is -0.508 e. The minimum atomic E-state index is 0.0519. The van der Waals surface area contributed by atoms with Gasteiger partial charge in [0.05, 0.1) is 6.54 Å². The van der Waals surface area contributed by atoms with Crippen molar-refractivity contribution in [2.45, 2.75) is 6.54 Å². The number of carbonyl (C=O) groups is 1. The highest BCUT2D eigenvalue weighted by atomic mass is 16.3. The molecule has 0 spiro atoms. The fourth-order valence-electron chi connectivity index (χ4n) is 2.33. The van der Waals surface area contributed by atoms with Gasteiger partial charge in [-0.25, -0.2) is 0 Å². The van der Waals surface area contributed by atoms with E-state index in [1.54, 1.807) is 18.2 Å². The highest BCUT2D eigenvalue weighted by Gasteiger charge is 2.25. The van der Waals surface area contributed by atoms with Crippen LogP contribution in [-0.4, -0.2) is 17.4 Å². The molecule has 0 saturated carbocycles. The Bertz CT molecular complexity index is 593. The summed E-state index contributed by atoms with van der Waals surface area (Å²) >= 11 is 0. The maximum Gasteiger partial charge on any atom is 0.182 e. The summed E-state index contributed by atoms with van der Waals surface area (Å²) in [5.41, 5.74) is 2.36. The first-order chi connectivity index (χ1) is 8.75. The molecule has 2 aromatic carbocycles. The second-order valence-electron chi connectivity index (χ2n) is 4.42. The predicted molar refractivity (Wildman–Crippen MR) is 69.9 cm³/mol. The number of aromatic hydroxyl groups is 1. The number of nitrogens with zero attached hydrogens (tertiary/aromatic N) is 1. The first kappa shape index (κ1) is 10.8. The van der Waals surface area contributed by atoms with E-state index in [1.165, 1.54) is 0 Å². The normalized spacial score (nSPS) is 14.4. The molecule has 1 N–H and O–H groups in total. The number of rotatable bonds is 1. The molecule has 1 heterocycles. The van der Waals surface area contributed by atoms with Crippen molar-refractivity contribution in [2.75, 3.05) is 11.4 Å². The Morgan fingerprint density at radius 1 is 0.944 bits per heavy atom. The zero-order valence-electron chi connectivity index (χ0n) is 9.84. The number of carbonyl (C=O) groups excluding carboxylic acids is 1. The van der Waals surface area contributed by atoms with Crippen molar-refractivity contribution < 1.29 is 9.90 Å². The summed E-state index contributed by atoms with van der Waals surface area (Å²) in [6.07, 6.45) is 0. The van der Waals surface area contributed by atoms with Crippen molar-refractivity contribution in [3.63, 3.8) is 0 Å². The van der Waals surface area contributed by atoms with Gasteiger partial charge in [-0.05, 0) is 18.2 Å². The standard InChI is InChI=1S/C15H13NO2/c17-14-8-4-7-12-13(14)9-16(10-15(12)18)11-5-2-1-3-6-11/h1-8,17H,9-10H2. The van der Waals surface area contributed by atoms with Gasteiger partial charge < -0.3 is 10.0 Å². The van der Waals surface area contributed by atoms with Crippen LogP contribution in [0.2, 0.25) is 0 Å². The molecule has 0 unspecified atom stereocenters. The molecule has 3 nitrogen and oxygen atoms in total. The summed E-state index contributed by atoms with van der Waals surface area (Å²) in [5.74, 6) is 0.248. The molecule has 2 aromatic rings. The first-order valence-electron chi connectivity index (χ1n) is 5.90. The van der Waals surface area contributed by atoms with Crippen molar-refractivity contribution in [3.05, 3.63) is 59.7 Å². The van der Waals surface area contributed by atoms with Crippen molar-refractivity contribution >= 4 is 11.5 Å². The van der Waals surface area contributed by atoms with E-state index >= 15 is 0 Å². The number of Topliss-reactive ketones (excluding diaryl/α,β-unsaturated/α-hetero) is 1. The highest BCUT2D eigenvalue weighted by Crippen LogP contribution is 2.29. The summed E-state index contributed by atoms with van der Waals surface area (Å²) in [6, 6.07) is 14.9. The van der Waals surface area contributed by atoms with Gasteiger partial charge in [-0.15, -0.1) is 0 Å². The van der Waals surface area contributed by atoms with E-state index in [1.807, 2.05) is 35.2 Å². The second kappa shape index (κ2) is 4.18. The van der Waals surface area contributed by atoms with Gasteiger partial charge in [-0.2, -0.15) is 0 Å². The van der Waals surface area contributed by atoms with Crippen molar-refractivity contribution in [1.29, 1.82) is 0 Å². The molecular weight excluding hydrogens is 226 g/mol. The third kappa shape index (κ3) is 1.74. The lowest BCUT2D eigenvalue weighted by atomic mass is 9.97. The van der Waals surface area contributed by atoms with E-state index in [-0.39, 0.29) is 11.5 Å². The molecule has 0 amide bonds. The van der Waals surface area contributed by atoms with Crippen LogP contribution < -0.4 is 4.90 Å². The molecule has 0 radical (unpaired) electrons. The lowest BCUT2D eigenvalue weighted by molar-refractivity contribution is 0.0991. The van der Waals surface area contributed by atoms with Crippen LogP contribution >= 0.6 is 0 Å². The Morgan fingerprint density at radius 2 is 1.72 bits per heavy atom. The van der Waals surface area contributed by atoms with Gasteiger partial charge in [-0.3, -0.25) is 4.79 Å². The Hall–Kier alpha value is -2.29. The maximum absolute atomic E-state index is 12.1. The van der Waals surface area contributed by atoms with Crippen LogP contribution in [0.4, 0.5) is 5.69 Å². The zero-order chi connectivity index (χ0) is 12.5. The molecule has 90 valence electrons. The summed E-state index contributed by atoms with van der Waals surface area (Å²) in [6.45, 7) is 0.929. The van der Waals surface area contributed by atoms with E-state index in [4.69, 9.17) is 0 Å². The fourth-order valence-corrected chi connectivity index (χ4v) is 2.33. The first-order valence-corrected chi connectivity index (χ1v) is 5.90. The fraction of sp³-hybridized carbons (Fsp3) is 0.133. The highest BCUT2D eigenvalue weighted by molar-refractivity contribution is 6.02. The van der Waals surface area contributed by atoms with Crippen LogP contribution in [0.5, 0.6) is 5.75 Å². The molecule has 3 rings (SSSR count). The van der Waals surface area contributed by atoms with Crippen LogP contribution in [0, 0.1) is 0 Å². The van der Waals surface area contributed by atoms with Crippen LogP contribution in [-0.2, 0) is 6.54 Å². The van der Waals surface area contributed by atoms with Crippen LogP contribution in [0.15, 0.2) is 48.5 Å². The monoisotopic (exact) mass is 239 g/mol. The molecule has 1 aliphatic rings. The lowest BCUT2D eigenvalue weighted by Crippen LogP contribution is -2.35.